The van der Waals surface area contributed by atoms with Gasteiger partial charge in [-0.1, -0.05) is 5.16 Å². The summed E-state index contributed by atoms with van der Waals surface area (Å²) in [5.74, 6) is -1.69. The van der Waals surface area contributed by atoms with Crippen molar-refractivity contribution in [2.75, 3.05) is 0 Å². The number of carboxylic acid groups (broad SMARTS) is 1. The third-order valence-corrected chi connectivity index (χ3v) is 1.14. The molecule has 0 unspecified atom stereocenters. The van der Waals surface area contributed by atoms with Gasteiger partial charge in [0.1, 0.15) is 12.2 Å². The van der Waals surface area contributed by atoms with Crippen LogP contribution in [0.15, 0.2) is 10.6 Å². The van der Waals surface area contributed by atoms with Crippen LogP contribution in [0.2, 0.25) is 0 Å². The number of nitrogens with zero attached hydrogens (tertiary/aromatic N) is 1. The number of aromatic nitrogens is 1. The Hall–Kier alpha value is -1.85. The molecule has 1 rings (SSSR count). The number of carboxylic acids is 1. The number of carbonyl (C=O) groups excluding carboxylic acids is 1. The number of rotatable bonds is 3. The molecule has 3 N–H and O–H groups in total. The van der Waals surface area contributed by atoms with E-state index < -0.39 is 11.9 Å². The lowest BCUT2D eigenvalue weighted by molar-refractivity contribution is -0.136. The van der Waals surface area contributed by atoms with Crippen LogP contribution >= 0.6 is 0 Å². The minimum absolute atomic E-state index is 0.0637. The van der Waals surface area contributed by atoms with Gasteiger partial charge in [-0.2, -0.15) is 0 Å². The number of primary amides is 1. The Morgan fingerprint density at radius 3 is 2.75 bits per heavy atom. The molecule has 0 fully saturated rings. The molecule has 0 spiro atoms. The van der Waals surface area contributed by atoms with Crippen LogP contribution in [0.1, 0.15) is 16.2 Å². The molecule has 0 radical (unpaired) electrons. The maximum atomic E-state index is 10.5. The zero-order valence-electron chi connectivity index (χ0n) is 5.98. The van der Waals surface area contributed by atoms with Crippen LogP contribution in [0.3, 0.4) is 0 Å². The minimum Gasteiger partial charge on any atom is -0.481 e. The second kappa shape index (κ2) is 3.04. The molecule has 1 aromatic heterocycles. The van der Waals surface area contributed by atoms with E-state index in [0.717, 1.165) is 0 Å². The largest absolute Gasteiger partial charge is 0.481 e. The van der Waals surface area contributed by atoms with Crippen molar-refractivity contribution >= 4 is 11.9 Å². The standard InChI is InChI=1S/C6H6N2O4/c7-6(11)4-1-3(12-8-4)2-5(9)10/h1H,2H2,(H2,7,11)(H,9,10). The van der Waals surface area contributed by atoms with Gasteiger partial charge in [0.2, 0.25) is 0 Å². The van der Waals surface area contributed by atoms with Crippen molar-refractivity contribution in [2.24, 2.45) is 5.73 Å². The molecular formula is C6H6N2O4. The predicted octanol–water partition coefficient (Wildman–Crippen LogP) is -0.599. The van der Waals surface area contributed by atoms with Crippen LogP contribution in [-0.4, -0.2) is 22.1 Å². The second-order valence-corrected chi connectivity index (χ2v) is 2.11. The molecule has 0 atom stereocenters. The Bertz CT molecular complexity index is 317. The molecule has 64 valence electrons. The molecule has 1 heterocycles. The Kier molecular flexibility index (Phi) is 2.09. The lowest BCUT2D eigenvalue weighted by Gasteiger charge is -1.83. The van der Waals surface area contributed by atoms with Gasteiger partial charge in [-0.15, -0.1) is 0 Å². The maximum absolute atomic E-state index is 10.5. The summed E-state index contributed by atoms with van der Waals surface area (Å²) in [6.07, 6.45) is -0.305. The van der Waals surface area contributed by atoms with Gasteiger partial charge in [0.05, 0.1) is 0 Å². The summed E-state index contributed by atoms with van der Waals surface area (Å²) >= 11 is 0. The molecule has 0 saturated heterocycles. The molecule has 6 heteroatoms. The average molecular weight is 170 g/mol. The topological polar surface area (TPSA) is 106 Å². The summed E-state index contributed by atoms with van der Waals surface area (Å²) in [6, 6.07) is 1.20. The Morgan fingerprint density at radius 1 is 1.67 bits per heavy atom. The van der Waals surface area contributed by atoms with E-state index in [1.165, 1.54) is 6.07 Å². The highest BCUT2D eigenvalue weighted by atomic mass is 16.5. The molecule has 0 aliphatic heterocycles. The van der Waals surface area contributed by atoms with E-state index in [4.69, 9.17) is 10.8 Å². The monoisotopic (exact) mass is 170 g/mol. The van der Waals surface area contributed by atoms with Crippen LogP contribution in [0.5, 0.6) is 0 Å². The number of aliphatic carboxylic acids is 1. The molecule has 0 aliphatic rings. The van der Waals surface area contributed by atoms with E-state index in [0.29, 0.717) is 0 Å². The first-order chi connectivity index (χ1) is 5.59. The van der Waals surface area contributed by atoms with Crippen molar-refractivity contribution in [1.29, 1.82) is 0 Å². The maximum Gasteiger partial charge on any atom is 0.311 e. The molecule has 0 aromatic carbocycles. The summed E-state index contributed by atoms with van der Waals surface area (Å²) in [5.41, 5.74) is 4.79. The first kappa shape index (κ1) is 8.25. The molecule has 12 heavy (non-hydrogen) atoms. The summed E-state index contributed by atoms with van der Waals surface area (Å²) in [6.45, 7) is 0. The quantitative estimate of drug-likeness (QED) is 0.629. The second-order valence-electron chi connectivity index (χ2n) is 2.11. The third kappa shape index (κ3) is 1.82. The van der Waals surface area contributed by atoms with E-state index in [9.17, 15) is 9.59 Å². The van der Waals surface area contributed by atoms with Crippen LogP contribution in [0, 0.1) is 0 Å². The fourth-order valence-electron chi connectivity index (χ4n) is 0.661. The van der Waals surface area contributed by atoms with Crippen LogP contribution in [0.4, 0.5) is 0 Å². The summed E-state index contributed by atoms with van der Waals surface area (Å²) < 4.78 is 4.51. The van der Waals surface area contributed by atoms with Crippen molar-refractivity contribution in [3.05, 3.63) is 17.5 Å². The Labute approximate surface area is 66.9 Å². The smallest absolute Gasteiger partial charge is 0.311 e. The summed E-state index contributed by atoms with van der Waals surface area (Å²) in [4.78, 5) is 20.6. The summed E-state index contributed by atoms with van der Waals surface area (Å²) in [5, 5.41) is 11.6. The number of nitrogens with two attached hydrogens (primary N) is 1. The van der Waals surface area contributed by atoms with E-state index in [1.54, 1.807) is 0 Å². The van der Waals surface area contributed by atoms with E-state index in [-0.39, 0.29) is 17.9 Å². The fourth-order valence-corrected chi connectivity index (χ4v) is 0.661. The van der Waals surface area contributed by atoms with E-state index in [1.807, 2.05) is 0 Å². The van der Waals surface area contributed by atoms with Gasteiger partial charge < -0.3 is 15.4 Å². The SMILES string of the molecule is NC(=O)c1cc(CC(=O)O)on1. The fraction of sp³-hybridized carbons (Fsp3) is 0.167. The van der Waals surface area contributed by atoms with E-state index >= 15 is 0 Å². The Morgan fingerprint density at radius 2 is 2.33 bits per heavy atom. The molecule has 0 aliphatic carbocycles. The number of hydrogen-bond acceptors (Lipinski definition) is 4. The van der Waals surface area contributed by atoms with Crippen LogP contribution < -0.4 is 5.73 Å². The van der Waals surface area contributed by atoms with Crippen molar-refractivity contribution in [1.82, 2.24) is 5.16 Å². The van der Waals surface area contributed by atoms with Gasteiger partial charge >= 0.3 is 5.97 Å². The van der Waals surface area contributed by atoms with Crippen molar-refractivity contribution in [3.63, 3.8) is 0 Å². The van der Waals surface area contributed by atoms with Gasteiger partial charge in [-0.25, -0.2) is 0 Å². The average Bonchev–Trinajstić information content (AvgIpc) is 2.34. The lowest BCUT2D eigenvalue weighted by Crippen LogP contribution is -2.10. The van der Waals surface area contributed by atoms with Crippen LogP contribution in [0.25, 0.3) is 0 Å². The van der Waals surface area contributed by atoms with Crippen molar-refractivity contribution in [2.45, 2.75) is 6.42 Å². The summed E-state index contributed by atoms with van der Waals surface area (Å²) in [7, 11) is 0. The third-order valence-electron chi connectivity index (χ3n) is 1.14. The lowest BCUT2D eigenvalue weighted by atomic mass is 10.3. The molecule has 0 bridgehead atoms. The van der Waals surface area contributed by atoms with Crippen molar-refractivity contribution < 1.29 is 19.2 Å². The highest BCUT2D eigenvalue weighted by Crippen LogP contribution is 2.03. The van der Waals surface area contributed by atoms with Gasteiger partial charge in [0.15, 0.2) is 5.69 Å². The normalized spacial score (nSPS) is 9.67. The van der Waals surface area contributed by atoms with Gasteiger partial charge in [-0.3, -0.25) is 9.59 Å². The number of carbonyl (C=O) groups is 2. The Balaban J connectivity index is 2.77. The zero-order valence-corrected chi connectivity index (χ0v) is 5.98. The van der Waals surface area contributed by atoms with Gasteiger partial charge in [0.25, 0.3) is 5.91 Å². The first-order valence-corrected chi connectivity index (χ1v) is 3.07. The highest BCUT2D eigenvalue weighted by molar-refractivity contribution is 5.90. The molecule has 6 nitrogen and oxygen atoms in total. The van der Waals surface area contributed by atoms with E-state index in [2.05, 4.69) is 9.68 Å². The molecule has 1 amide bonds. The highest BCUT2D eigenvalue weighted by Gasteiger charge is 2.10. The number of amides is 1. The molecule has 0 saturated carbocycles. The zero-order chi connectivity index (χ0) is 9.14. The first-order valence-electron chi connectivity index (χ1n) is 3.07. The van der Waals surface area contributed by atoms with Crippen LogP contribution in [-0.2, 0) is 11.2 Å². The molecule has 1 aromatic rings. The van der Waals surface area contributed by atoms with Gasteiger partial charge in [0, 0.05) is 6.07 Å². The minimum atomic E-state index is -1.05. The predicted molar refractivity (Wildman–Crippen MR) is 36.4 cm³/mol. The molecular weight excluding hydrogens is 164 g/mol. The van der Waals surface area contributed by atoms with Crippen molar-refractivity contribution in [3.8, 4) is 0 Å². The number of hydrogen-bond donors (Lipinski definition) is 2. The van der Waals surface area contributed by atoms with Gasteiger partial charge in [-0.05, 0) is 0 Å².